The number of nitrogens with zero attached hydrogens (tertiary/aromatic N) is 3. The summed E-state index contributed by atoms with van der Waals surface area (Å²) in [6.45, 7) is 3.95. The summed E-state index contributed by atoms with van der Waals surface area (Å²) < 4.78 is 7.46. The van der Waals surface area contributed by atoms with E-state index in [9.17, 15) is 4.79 Å². The van der Waals surface area contributed by atoms with Crippen molar-refractivity contribution < 1.29 is 9.53 Å². The molecule has 0 aliphatic heterocycles. The maximum atomic E-state index is 13.1. The van der Waals surface area contributed by atoms with Gasteiger partial charge in [-0.15, -0.1) is 5.10 Å². The SMILES string of the molecule is Cc1ccc(-c2nc(C(=O)Nc3ccc(Oc4ccccc4)cc3)nn2-c2ccc(C)c(Cl)c2)cc1. The first kappa shape index (κ1) is 23.3. The van der Waals surface area contributed by atoms with Crippen molar-refractivity contribution in [3.63, 3.8) is 0 Å². The summed E-state index contributed by atoms with van der Waals surface area (Å²) in [7, 11) is 0. The molecule has 5 aromatic rings. The fraction of sp³-hybridized carbons (Fsp3) is 0.0690. The summed E-state index contributed by atoms with van der Waals surface area (Å²) >= 11 is 6.37. The van der Waals surface area contributed by atoms with Gasteiger partial charge in [-0.2, -0.15) is 0 Å². The largest absolute Gasteiger partial charge is 0.457 e. The number of nitrogens with one attached hydrogen (secondary N) is 1. The van der Waals surface area contributed by atoms with Gasteiger partial charge in [0.1, 0.15) is 11.5 Å². The van der Waals surface area contributed by atoms with E-state index in [-0.39, 0.29) is 5.82 Å². The molecule has 1 aromatic heterocycles. The van der Waals surface area contributed by atoms with Crippen LogP contribution in [0.5, 0.6) is 11.5 Å². The Balaban J connectivity index is 1.42. The molecular formula is C29H23ClN4O2. The number of hydrogen-bond donors (Lipinski definition) is 1. The normalized spacial score (nSPS) is 10.8. The van der Waals surface area contributed by atoms with E-state index in [2.05, 4.69) is 15.4 Å². The lowest BCUT2D eigenvalue weighted by Crippen LogP contribution is -2.14. The summed E-state index contributed by atoms with van der Waals surface area (Å²) in [6.07, 6.45) is 0. The van der Waals surface area contributed by atoms with Crippen LogP contribution in [-0.4, -0.2) is 20.7 Å². The molecule has 0 saturated heterocycles. The van der Waals surface area contributed by atoms with Gasteiger partial charge in [0.15, 0.2) is 5.82 Å². The van der Waals surface area contributed by atoms with Crippen molar-refractivity contribution in [1.82, 2.24) is 14.8 Å². The second-order valence-corrected chi connectivity index (χ2v) is 8.77. The van der Waals surface area contributed by atoms with E-state index < -0.39 is 5.91 Å². The average Bonchev–Trinajstić information content (AvgIpc) is 3.34. The van der Waals surface area contributed by atoms with Crippen molar-refractivity contribution in [3.8, 4) is 28.6 Å². The summed E-state index contributed by atoms with van der Waals surface area (Å²) in [6, 6.07) is 30.2. The molecule has 0 spiro atoms. The van der Waals surface area contributed by atoms with Crippen molar-refractivity contribution >= 4 is 23.2 Å². The first-order valence-electron chi connectivity index (χ1n) is 11.4. The molecule has 1 heterocycles. The van der Waals surface area contributed by atoms with Crippen LogP contribution in [0.2, 0.25) is 5.02 Å². The highest BCUT2D eigenvalue weighted by Gasteiger charge is 2.19. The number of hydrogen-bond acceptors (Lipinski definition) is 4. The minimum Gasteiger partial charge on any atom is -0.457 e. The molecule has 0 saturated carbocycles. The van der Waals surface area contributed by atoms with E-state index in [1.54, 1.807) is 28.9 Å². The number of anilines is 1. The molecule has 1 amide bonds. The van der Waals surface area contributed by atoms with Crippen molar-refractivity contribution in [2.45, 2.75) is 13.8 Å². The smallest absolute Gasteiger partial charge is 0.295 e. The predicted molar refractivity (Wildman–Crippen MR) is 142 cm³/mol. The minimum absolute atomic E-state index is 0.0480. The van der Waals surface area contributed by atoms with E-state index >= 15 is 0 Å². The van der Waals surface area contributed by atoms with Crippen LogP contribution in [0.4, 0.5) is 5.69 Å². The molecule has 0 bridgehead atoms. The molecule has 0 fully saturated rings. The van der Waals surface area contributed by atoms with Crippen molar-refractivity contribution in [2.24, 2.45) is 0 Å². The lowest BCUT2D eigenvalue weighted by Gasteiger charge is -2.08. The Labute approximate surface area is 214 Å². The fourth-order valence-electron chi connectivity index (χ4n) is 3.61. The highest BCUT2D eigenvalue weighted by atomic mass is 35.5. The van der Waals surface area contributed by atoms with Crippen LogP contribution in [0, 0.1) is 13.8 Å². The average molecular weight is 495 g/mol. The zero-order valence-electron chi connectivity index (χ0n) is 19.8. The van der Waals surface area contributed by atoms with Crippen LogP contribution in [0.15, 0.2) is 97.1 Å². The highest BCUT2D eigenvalue weighted by molar-refractivity contribution is 6.31. The summed E-state index contributed by atoms with van der Waals surface area (Å²) in [4.78, 5) is 17.7. The van der Waals surface area contributed by atoms with E-state index in [4.69, 9.17) is 16.3 Å². The second-order valence-electron chi connectivity index (χ2n) is 8.36. The molecule has 0 atom stereocenters. The molecule has 0 radical (unpaired) electrons. The first-order chi connectivity index (χ1) is 17.5. The maximum Gasteiger partial charge on any atom is 0.295 e. The number of halogens is 1. The third-order valence-corrected chi connectivity index (χ3v) is 6.02. The number of carbonyl (C=O) groups excluding carboxylic acids is 1. The number of para-hydroxylation sites is 1. The third kappa shape index (κ3) is 5.14. The van der Waals surface area contributed by atoms with Crippen LogP contribution in [0.25, 0.3) is 17.1 Å². The molecule has 1 N–H and O–H groups in total. The van der Waals surface area contributed by atoms with E-state index in [1.807, 2.05) is 86.6 Å². The lowest BCUT2D eigenvalue weighted by atomic mass is 10.1. The second kappa shape index (κ2) is 10.1. The molecule has 6 nitrogen and oxygen atoms in total. The summed E-state index contributed by atoms with van der Waals surface area (Å²) in [5.41, 5.74) is 4.24. The molecule has 7 heteroatoms. The van der Waals surface area contributed by atoms with Crippen LogP contribution in [0.3, 0.4) is 0 Å². The predicted octanol–water partition coefficient (Wildman–Crippen LogP) is 7.25. The monoisotopic (exact) mass is 494 g/mol. The zero-order chi connectivity index (χ0) is 25.1. The number of benzene rings is 4. The van der Waals surface area contributed by atoms with Gasteiger partial charge in [-0.1, -0.05) is 65.7 Å². The Bertz CT molecular complexity index is 1510. The highest BCUT2D eigenvalue weighted by Crippen LogP contribution is 2.26. The number of rotatable bonds is 6. The number of carbonyl (C=O) groups is 1. The number of aryl methyl sites for hydroxylation is 2. The molecule has 4 aromatic carbocycles. The van der Waals surface area contributed by atoms with Crippen LogP contribution >= 0.6 is 11.6 Å². The molecule has 0 aliphatic carbocycles. The van der Waals surface area contributed by atoms with Crippen LogP contribution in [-0.2, 0) is 0 Å². The number of ether oxygens (including phenoxy) is 1. The Kier molecular flexibility index (Phi) is 6.52. The first-order valence-corrected chi connectivity index (χ1v) is 11.8. The van der Waals surface area contributed by atoms with E-state index in [0.29, 0.717) is 22.3 Å². The Hall–Kier alpha value is -4.42. The molecule has 5 rings (SSSR count). The fourth-order valence-corrected chi connectivity index (χ4v) is 3.78. The molecule has 0 unspecified atom stereocenters. The Morgan fingerprint density at radius 1 is 0.861 bits per heavy atom. The van der Waals surface area contributed by atoms with Crippen molar-refractivity contribution in [1.29, 1.82) is 0 Å². The van der Waals surface area contributed by atoms with Crippen molar-refractivity contribution in [2.75, 3.05) is 5.32 Å². The van der Waals surface area contributed by atoms with Gasteiger partial charge in [0.2, 0.25) is 5.82 Å². The Morgan fingerprint density at radius 2 is 1.56 bits per heavy atom. The van der Waals surface area contributed by atoms with Gasteiger partial charge < -0.3 is 10.1 Å². The molecule has 36 heavy (non-hydrogen) atoms. The molecular weight excluding hydrogens is 472 g/mol. The quantitative estimate of drug-likeness (QED) is 0.270. The minimum atomic E-state index is -0.419. The van der Waals surface area contributed by atoms with Gasteiger partial charge in [0.05, 0.1) is 5.69 Å². The van der Waals surface area contributed by atoms with Gasteiger partial charge in [0, 0.05) is 16.3 Å². The van der Waals surface area contributed by atoms with Crippen LogP contribution < -0.4 is 10.1 Å². The standard InChI is InChI=1S/C29H23ClN4O2/c1-19-8-11-21(12-9-19)28-32-27(33-34(28)23-15-10-20(2)26(30)18-23)29(35)31-22-13-16-25(17-14-22)36-24-6-4-3-5-7-24/h3-18H,1-2H3,(H,31,35). The van der Waals surface area contributed by atoms with Gasteiger partial charge in [-0.25, -0.2) is 9.67 Å². The topological polar surface area (TPSA) is 69.0 Å². The van der Waals surface area contributed by atoms with Gasteiger partial charge in [-0.05, 0) is 67.9 Å². The van der Waals surface area contributed by atoms with E-state index in [0.717, 1.165) is 28.1 Å². The number of amides is 1. The van der Waals surface area contributed by atoms with E-state index in [1.165, 1.54) is 0 Å². The van der Waals surface area contributed by atoms with Gasteiger partial charge in [0.25, 0.3) is 5.91 Å². The summed E-state index contributed by atoms with van der Waals surface area (Å²) in [5.74, 6) is 1.58. The number of aromatic nitrogens is 3. The third-order valence-electron chi connectivity index (χ3n) is 5.61. The van der Waals surface area contributed by atoms with Gasteiger partial charge in [-0.3, -0.25) is 4.79 Å². The zero-order valence-corrected chi connectivity index (χ0v) is 20.5. The maximum absolute atomic E-state index is 13.1. The summed E-state index contributed by atoms with van der Waals surface area (Å²) in [5, 5.41) is 8.01. The molecule has 178 valence electrons. The van der Waals surface area contributed by atoms with Crippen molar-refractivity contribution in [3.05, 3.63) is 119 Å². The van der Waals surface area contributed by atoms with Gasteiger partial charge >= 0.3 is 0 Å². The van der Waals surface area contributed by atoms with Crippen LogP contribution in [0.1, 0.15) is 21.7 Å². The Morgan fingerprint density at radius 3 is 2.25 bits per heavy atom. The molecule has 0 aliphatic rings. The lowest BCUT2D eigenvalue weighted by molar-refractivity contribution is 0.101.